The predicted molar refractivity (Wildman–Crippen MR) is 51.7 cm³/mol. The first-order valence-electron chi connectivity index (χ1n) is 4.98. The van der Waals surface area contributed by atoms with Crippen LogP contribution in [0.5, 0.6) is 0 Å². The number of hydrogen-bond donors (Lipinski definition) is 1. The maximum atomic E-state index is 10.7. The molecule has 3 heteroatoms. The Bertz CT molecular complexity index is 183. The first-order valence-corrected chi connectivity index (χ1v) is 4.98. The van der Waals surface area contributed by atoms with Crippen LogP contribution < -0.4 is 0 Å². The third kappa shape index (κ3) is 2.69. The van der Waals surface area contributed by atoms with Crippen molar-refractivity contribution in [2.75, 3.05) is 20.1 Å². The summed E-state index contributed by atoms with van der Waals surface area (Å²) in [4.78, 5) is 13.0. The minimum Gasteiger partial charge on any atom is -0.481 e. The summed E-state index contributed by atoms with van der Waals surface area (Å²) in [6.07, 6.45) is 3.41. The summed E-state index contributed by atoms with van der Waals surface area (Å²) in [6.45, 7) is 4.19. The van der Waals surface area contributed by atoms with Gasteiger partial charge in [0.2, 0.25) is 0 Å². The summed E-state index contributed by atoms with van der Waals surface area (Å²) >= 11 is 0. The van der Waals surface area contributed by atoms with Crippen LogP contribution in [-0.2, 0) is 4.79 Å². The van der Waals surface area contributed by atoms with Gasteiger partial charge in [0.15, 0.2) is 0 Å². The van der Waals surface area contributed by atoms with Crippen LogP contribution in [0.1, 0.15) is 32.6 Å². The molecule has 0 aromatic heterocycles. The monoisotopic (exact) mass is 185 g/mol. The molecule has 1 saturated heterocycles. The number of hydrogen-bond acceptors (Lipinski definition) is 2. The van der Waals surface area contributed by atoms with Gasteiger partial charge in [0.25, 0.3) is 0 Å². The van der Waals surface area contributed by atoms with Gasteiger partial charge in [0.1, 0.15) is 0 Å². The van der Waals surface area contributed by atoms with Gasteiger partial charge in [-0.15, -0.1) is 0 Å². The fourth-order valence-electron chi connectivity index (χ4n) is 2.07. The summed E-state index contributed by atoms with van der Waals surface area (Å²) in [5.41, 5.74) is 0.0817. The van der Waals surface area contributed by atoms with E-state index in [4.69, 9.17) is 5.11 Å². The zero-order valence-corrected chi connectivity index (χ0v) is 8.55. The van der Waals surface area contributed by atoms with Gasteiger partial charge in [0, 0.05) is 0 Å². The maximum Gasteiger partial charge on any atom is 0.303 e. The molecule has 3 nitrogen and oxygen atoms in total. The second-order valence-electron chi connectivity index (χ2n) is 4.23. The summed E-state index contributed by atoms with van der Waals surface area (Å²) in [7, 11) is 2.10. The van der Waals surface area contributed by atoms with Crippen molar-refractivity contribution >= 4 is 5.97 Å². The summed E-state index contributed by atoms with van der Waals surface area (Å²) in [5, 5.41) is 8.81. The number of nitrogens with zero attached hydrogens (tertiary/aromatic N) is 1. The number of piperidine rings is 1. The largest absolute Gasteiger partial charge is 0.481 e. The quantitative estimate of drug-likeness (QED) is 0.725. The lowest BCUT2D eigenvalue weighted by Gasteiger charge is -2.39. The fourth-order valence-corrected chi connectivity index (χ4v) is 2.07. The second kappa shape index (κ2) is 4.09. The minimum absolute atomic E-state index is 0.0817. The molecule has 1 N–H and O–H groups in total. The Hall–Kier alpha value is -0.570. The van der Waals surface area contributed by atoms with E-state index >= 15 is 0 Å². The highest BCUT2D eigenvalue weighted by atomic mass is 16.4. The number of carbonyl (C=O) groups is 1. The molecule has 76 valence electrons. The minimum atomic E-state index is -0.647. The zero-order valence-electron chi connectivity index (χ0n) is 8.55. The molecule has 0 aromatic rings. The summed E-state index contributed by atoms with van der Waals surface area (Å²) in [6, 6.07) is 0. The third-order valence-electron chi connectivity index (χ3n) is 3.32. The molecule has 0 aliphatic carbocycles. The number of rotatable bonds is 3. The van der Waals surface area contributed by atoms with Crippen molar-refractivity contribution in [2.24, 2.45) is 5.41 Å². The summed E-state index contributed by atoms with van der Waals surface area (Å²) < 4.78 is 0. The van der Waals surface area contributed by atoms with Crippen molar-refractivity contribution in [3.05, 3.63) is 0 Å². The van der Waals surface area contributed by atoms with Gasteiger partial charge in [-0.1, -0.05) is 6.92 Å². The Labute approximate surface area is 79.7 Å². The molecule has 13 heavy (non-hydrogen) atoms. The van der Waals surface area contributed by atoms with Gasteiger partial charge in [-0.25, -0.2) is 0 Å². The molecule has 0 amide bonds. The molecule has 0 radical (unpaired) electrons. The first kappa shape index (κ1) is 10.5. The summed E-state index contributed by atoms with van der Waals surface area (Å²) in [5.74, 6) is -0.647. The van der Waals surface area contributed by atoms with Gasteiger partial charge in [0.05, 0.1) is 6.42 Å². The zero-order chi connectivity index (χ0) is 9.90. The Balaban J connectivity index is 2.55. The van der Waals surface area contributed by atoms with Crippen molar-refractivity contribution in [1.29, 1.82) is 0 Å². The highest BCUT2D eigenvalue weighted by molar-refractivity contribution is 5.67. The van der Waals surface area contributed by atoms with Crippen molar-refractivity contribution < 1.29 is 9.90 Å². The normalized spacial score (nSPS) is 22.9. The van der Waals surface area contributed by atoms with Gasteiger partial charge in [-0.2, -0.15) is 0 Å². The molecule has 1 heterocycles. The molecular formula is C10H19NO2. The Morgan fingerprint density at radius 2 is 2.00 bits per heavy atom. The molecule has 0 saturated carbocycles. The van der Waals surface area contributed by atoms with Crippen LogP contribution in [0.4, 0.5) is 0 Å². The lowest BCUT2D eigenvalue weighted by molar-refractivity contribution is -0.140. The average molecular weight is 185 g/mol. The van der Waals surface area contributed by atoms with Gasteiger partial charge >= 0.3 is 5.97 Å². The molecular weight excluding hydrogens is 166 g/mol. The highest BCUT2D eigenvalue weighted by Crippen LogP contribution is 2.37. The van der Waals surface area contributed by atoms with Gasteiger partial charge in [-0.3, -0.25) is 4.79 Å². The predicted octanol–water partition coefficient (Wildman–Crippen LogP) is 1.58. The van der Waals surface area contributed by atoms with Crippen LogP contribution in [0.2, 0.25) is 0 Å². The van der Waals surface area contributed by atoms with Crippen molar-refractivity contribution in [3.63, 3.8) is 0 Å². The van der Waals surface area contributed by atoms with Crippen molar-refractivity contribution in [3.8, 4) is 0 Å². The Morgan fingerprint density at radius 3 is 2.38 bits per heavy atom. The molecule has 1 aliphatic heterocycles. The first-order chi connectivity index (χ1) is 6.08. The van der Waals surface area contributed by atoms with E-state index in [1.165, 1.54) is 0 Å². The lowest BCUT2D eigenvalue weighted by Crippen LogP contribution is -2.38. The van der Waals surface area contributed by atoms with E-state index < -0.39 is 5.97 Å². The van der Waals surface area contributed by atoms with Gasteiger partial charge in [-0.05, 0) is 44.8 Å². The van der Waals surface area contributed by atoms with Crippen LogP contribution in [0.15, 0.2) is 0 Å². The second-order valence-corrected chi connectivity index (χ2v) is 4.23. The smallest absolute Gasteiger partial charge is 0.303 e. The Morgan fingerprint density at radius 1 is 1.46 bits per heavy atom. The van der Waals surface area contributed by atoms with Crippen LogP contribution in [0.25, 0.3) is 0 Å². The molecule has 1 aliphatic rings. The van der Waals surface area contributed by atoms with Crippen LogP contribution in [0.3, 0.4) is 0 Å². The molecule has 0 aromatic carbocycles. The lowest BCUT2D eigenvalue weighted by atomic mass is 9.74. The van der Waals surface area contributed by atoms with Crippen molar-refractivity contribution in [2.45, 2.75) is 32.6 Å². The number of carboxylic acids is 1. The Kier molecular flexibility index (Phi) is 3.31. The van der Waals surface area contributed by atoms with Crippen LogP contribution in [0, 0.1) is 5.41 Å². The fraction of sp³-hybridized carbons (Fsp3) is 0.900. The van der Waals surface area contributed by atoms with E-state index in [0.29, 0.717) is 6.42 Å². The van der Waals surface area contributed by atoms with Crippen molar-refractivity contribution in [1.82, 2.24) is 4.90 Å². The number of aliphatic carboxylic acids is 1. The highest BCUT2D eigenvalue weighted by Gasteiger charge is 2.33. The third-order valence-corrected chi connectivity index (χ3v) is 3.32. The van der Waals surface area contributed by atoms with E-state index in [1.807, 2.05) is 0 Å². The van der Waals surface area contributed by atoms with Gasteiger partial charge < -0.3 is 10.0 Å². The average Bonchev–Trinajstić information content (AvgIpc) is 2.09. The van der Waals surface area contributed by atoms with E-state index in [-0.39, 0.29) is 5.41 Å². The molecule has 0 unspecified atom stereocenters. The molecule has 0 spiro atoms. The topological polar surface area (TPSA) is 40.5 Å². The molecule has 0 atom stereocenters. The standard InChI is InChI=1S/C10H19NO2/c1-3-10(8-9(12)13)4-6-11(2)7-5-10/h3-8H2,1-2H3,(H,12,13). The van der Waals surface area contributed by atoms with E-state index in [1.54, 1.807) is 0 Å². The van der Waals surface area contributed by atoms with Crippen LogP contribution >= 0.6 is 0 Å². The number of likely N-dealkylation sites (tertiary alicyclic amines) is 1. The van der Waals surface area contributed by atoms with Crippen LogP contribution in [-0.4, -0.2) is 36.1 Å². The molecule has 0 bridgehead atoms. The number of carboxylic acid groups (broad SMARTS) is 1. The molecule has 1 fully saturated rings. The SMILES string of the molecule is CCC1(CC(=O)O)CCN(C)CC1. The van der Waals surface area contributed by atoms with E-state index in [2.05, 4.69) is 18.9 Å². The maximum absolute atomic E-state index is 10.7. The van der Waals surface area contributed by atoms with E-state index in [9.17, 15) is 4.79 Å². The molecule has 1 rings (SSSR count). The van der Waals surface area contributed by atoms with E-state index in [0.717, 1.165) is 32.4 Å².